The van der Waals surface area contributed by atoms with Gasteiger partial charge in [-0.15, -0.1) is 0 Å². The van der Waals surface area contributed by atoms with Gasteiger partial charge in [-0.25, -0.2) is 4.98 Å². The number of anilines is 1. The van der Waals surface area contributed by atoms with Gasteiger partial charge in [0.2, 0.25) is 0 Å². The van der Waals surface area contributed by atoms with E-state index >= 15 is 0 Å². The first-order valence-corrected chi connectivity index (χ1v) is 6.75. The Bertz CT molecular complexity index is 552. The summed E-state index contributed by atoms with van der Waals surface area (Å²) in [4.78, 5) is 4.11. The van der Waals surface area contributed by atoms with Crippen LogP contribution in [0.2, 0.25) is 10.0 Å². The average molecular weight is 313 g/mol. The maximum absolute atomic E-state index is 5.99. The SMILES string of the molecule is Cc1ccc(OCCOc2ccc(Cl)cc2Cl)c(N)n1. The number of hydrogen-bond acceptors (Lipinski definition) is 4. The predicted octanol–water partition coefficient (Wildman–Crippen LogP) is 3.74. The molecule has 0 amide bonds. The molecule has 0 bridgehead atoms. The summed E-state index contributed by atoms with van der Waals surface area (Å²) in [5.74, 6) is 1.48. The molecule has 4 nitrogen and oxygen atoms in total. The first kappa shape index (κ1) is 14.8. The fourth-order valence-corrected chi connectivity index (χ4v) is 2.04. The van der Waals surface area contributed by atoms with Gasteiger partial charge >= 0.3 is 0 Å². The molecule has 0 fully saturated rings. The van der Waals surface area contributed by atoms with Crippen LogP contribution in [-0.2, 0) is 0 Å². The molecule has 0 saturated heterocycles. The minimum atomic E-state index is 0.341. The Kier molecular flexibility index (Phi) is 4.93. The lowest BCUT2D eigenvalue weighted by molar-refractivity contribution is 0.217. The van der Waals surface area contributed by atoms with Gasteiger partial charge in [0.15, 0.2) is 11.6 Å². The van der Waals surface area contributed by atoms with E-state index in [2.05, 4.69) is 4.98 Å². The van der Waals surface area contributed by atoms with E-state index in [4.69, 9.17) is 38.4 Å². The second-order valence-electron chi connectivity index (χ2n) is 4.11. The van der Waals surface area contributed by atoms with E-state index in [9.17, 15) is 0 Å². The monoisotopic (exact) mass is 312 g/mol. The summed E-state index contributed by atoms with van der Waals surface area (Å²) in [6, 6.07) is 8.68. The zero-order chi connectivity index (χ0) is 14.5. The van der Waals surface area contributed by atoms with Crippen LogP contribution in [0.3, 0.4) is 0 Å². The molecule has 0 unspecified atom stereocenters. The number of aromatic nitrogens is 1. The summed E-state index contributed by atoms with van der Waals surface area (Å²) in [7, 11) is 0. The molecule has 1 heterocycles. The second kappa shape index (κ2) is 6.68. The summed E-state index contributed by atoms with van der Waals surface area (Å²) in [6.07, 6.45) is 0. The maximum atomic E-state index is 5.99. The molecule has 0 spiro atoms. The van der Waals surface area contributed by atoms with E-state index < -0.39 is 0 Å². The quantitative estimate of drug-likeness (QED) is 0.854. The van der Waals surface area contributed by atoms with Gasteiger partial charge in [-0.1, -0.05) is 23.2 Å². The van der Waals surface area contributed by atoms with Crippen LogP contribution >= 0.6 is 23.2 Å². The number of halogens is 2. The van der Waals surface area contributed by atoms with Crippen molar-refractivity contribution in [3.63, 3.8) is 0 Å². The highest BCUT2D eigenvalue weighted by molar-refractivity contribution is 6.35. The highest BCUT2D eigenvalue weighted by Crippen LogP contribution is 2.27. The standard InChI is InChI=1S/C14H14Cl2N2O2/c1-9-2-4-13(14(17)18-9)20-7-6-19-12-5-3-10(15)8-11(12)16/h2-5,8H,6-7H2,1H3,(H2,17,18). The van der Waals surface area contributed by atoms with Crippen molar-refractivity contribution in [1.29, 1.82) is 0 Å². The molecule has 0 aliphatic carbocycles. The molecule has 20 heavy (non-hydrogen) atoms. The van der Waals surface area contributed by atoms with E-state index in [0.29, 0.717) is 40.6 Å². The van der Waals surface area contributed by atoms with Gasteiger partial charge in [-0.3, -0.25) is 0 Å². The lowest BCUT2D eigenvalue weighted by Gasteiger charge is -2.11. The smallest absolute Gasteiger partial charge is 0.166 e. The maximum Gasteiger partial charge on any atom is 0.166 e. The zero-order valence-corrected chi connectivity index (χ0v) is 12.4. The van der Waals surface area contributed by atoms with E-state index in [0.717, 1.165) is 5.69 Å². The fourth-order valence-electron chi connectivity index (χ4n) is 1.58. The van der Waals surface area contributed by atoms with E-state index in [1.54, 1.807) is 24.3 Å². The summed E-state index contributed by atoms with van der Waals surface area (Å²) in [5.41, 5.74) is 6.59. The molecule has 2 N–H and O–H groups in total. The van der Waals surface area contributed by atoms with Crippen LogP contribution in [0.25, 0.3) is 0 Å². The second-order valence-corrected chi connectivity index (χ2v) is 4.95. The first-order chi connectivity index (χ1) is 9.56. The molecule has 2 aromatic rings. The first-order valence-electron chi connectivity index (χ1n) is 6.00. The van der Waals surface area contributed by atoms with Crippen molar-refractivity contribution < 1.29 is 9.47 Å². The number of pyridine rings is 1. The Morgan fingerprint density at radius 1 is 1.05 bits per heavy atom. The average Bonchev–Trinajstić information content (AvgIpc) is 2.39. The van der Waals surface area contributed by atoms with Gasteiger partial charge in [0, 0.05) is 10.7 Å². The zero-order valence-electron chi connectivity index (χ0n) is 10.9. The van der Waals surface area contributed by atoms with Gasteiger partial charge in [0.25, 0.3) is 0 Å². The number of nitrogens with two attached hydrogens (primary N) is 1. The van der Waals surface area contributed by atoms with Crippen LogP contribution in [0.15, 0.2) is 30.3 Å². The number of aryl methyl sites for hydroxylation is 1. The van der Waals surface area contributed by atoms with Crippen molar-refractivity contribution in [1.82, 2.24) is 4.98 Å². The Hall–Kier alpha value is -1.65. The van der Waals surface area contributed by atoms with Crippen molar-refractivity contribution >= 4 is 29.0 Å². The summed E-state index contributed by atoms with van der Waals surface area (Å²) in [5, 5.41) is 1.03. The van der Waals surface area contributed by atoms with Gasteiger partial charge in [0.1, 0.15) is 19.0 Å². The minimum Gasteiger partial charge on any atom is -0.488 e. The van der Waals surface area contributed by atoms with Gasteiger partial charge in [0.05, 0.1) is 5.02 Å². The van der Waals surface area contributed by atoms with Gasteiger partial charge < -0.3 is 15.2 Å². The summed E-state index contributed by atoms with van der Waals surface area (Å²) in [6.45, 7) is 2.55. The molecule has 1 aromatic carbocycles. The third-order valence-electron chi connectivity index (χ3n) is 2.52. The van der Waals surface area contributed by atoms with Crippen LogP contribution in [0.4, 0.5) is 5.82 Å². The van der Waals surface area contributed by atoms with Crippen molar-refractivity contribution in [2.24, 2.45) is 0 Å². The molecule has 0 aliphatic rings. The Morgan fingerprint density at radius 3 is 2.35 bits per heavy atom. The van der Waals surface area contributed by atoms with Crippen molar-refractivity contribution in [3.05, 3.63) is 46.1 Å². The van der Waals surface area contributed by atoms with Crippen molar-refractivity contribution in [3.8, 4) is 11.5 Å². The van der Waals surface area contributed by atoms with Crippen molar-refractivity contribution in [2.75, 3.05) is 18.9 Å². The number of hydrogen-bond donors (Lipinski definition) is 1. The molecular weight excluding hydrogens is 299 g/mol. The van der Waals surface area contributed by atoms with E-state index in [1.165, 1.54) is 0 Å². The molecule has 106 valence electrons. The van der Waals surface area contributed by atoms with Gasteiger partial charge in [-0.2, -0.15) is 0 Å². The Balaban J connectivity index is 1.84. The van der Waals surface area contributed by atoms with Crippen LogP contribution in [-0.4, -0.2) is 18.2 Å². The molecule has 0 aliphatic heterocycles. The van der Waals surface area contributed by atoms with Crippen LogP contribution in [0.5, 0.6) is 11.5 Å². The highest BCUT2D eigenvalue weighted by atomic mass is 35.5. The number of nitrogen functional groups attached to an aromatic ring is 1. The molecule has 0 atom stereocenters. The fraction of sp³-hybridized carbons (Fsp3) is 0.214. The van der Waals surface area contributed by atoms with Crippen LogP contribution in [0, 0.1) is 6.92 Å². The molecule has 2 rings (SSSR count). The Morgan fingerprint density at radius 2 is 1.70 bits per heavy atom. The highest BCUT2D eigenvalue weighted by Gasteiger charge is 2.04. The number of benzene rings is 1. The van der Waals surface area contributed by atoms with Crippen LogP contribution in [0.1, 0.15) is 5.69 Å². The summed E-state index contributed by atoms with van der Waals surface area (Å²) >= 11 is 11.8. The summed E-state index contributed by atoms with van der Waals surface area (Å²) < 4.78 is 11.0. The number of nitrogens with zero attached hydrogens (tertiary/aromatic N) is 1. The molecule has 1 aromatic heterocycles. The molecule has 6 heteroatoms. The molecule has 0 radical (unpaired) electrons. The number of rotatable bonds is 5. The van der Waals surface area contributed by atoms with Crippen LogP contribution < -0.4 is 15.2 Å². The Labute approximate surface area is 127 Å². The third kappa shape index (κ3) is 3.92. The predicted molar refractivity (Wildman–Crippen MR) is 80.8 cm³/mol. The largest absolute Gasteiger partial charge is 0.488 e. The molecule has 0 saturated carbocycles. The minimum absolute atomic E-state index is 0.341. The molecular formula is C14H14Cl2N2O2. The third-order valence-corrected chi connectivity index (χ3v) is 3.05. The normalized spacial score (nSPS) is 10.3. The van der Waals surface area contributed by atoms with Gasteiger partial charge in [-0.05, 0) is 37.3 Å². The topological polar surface area (TPSA) is 57.4 Å². The lowest BCUT2D eigenvalue weighted by atomic mass is 10.3. The number of ether oxygens (including phenoxy) is 2. The van der Waals surface area contributed by atoms with E-state index in [-0.39, 0.29) is 0 Å². The van der Waals surface area contributed by atoms with E-state index in [1.807, 2.05) is 13.0 Å². The van der Waals surface area contributed by atoms with Crippen molar-refractivity contribution in [2.45, 2.75) is 6.92 Å². The lowest BCUT2D eigenvalue weighted by Crippen LogP contribution is -2.10.